The highest BCUT2D eigenvalue weighted by Gasteiger charge is 2.17. The van der Waals surface area contributed by atoms with Gasteiger partial charge in [-0.2, -0.15) is 5.10 Å². The number of benzene rings is 2. The molecule has 5 nitrogen and oxygen atoms in total. The van der Waals surface area contributed by atoms with Crippen molar-refractivity contribution in [2.24, 2.45) is 0 Å². The van der Waals surface area contributed by atoms with Crippen LogP contribution in [-0.2, 0) is 0 Å². The number of rotatable bonds is 4. The maximum absolute atomic E-state index is 12.7. The van der Waals surface area contributed by atoms with Crippen molar-refractivity contribution < 1.29 is 4.79 Å². The first-order valence-electron chi connectivity index (χ1n) is 8.25. The van der Waals surface area contributed by atoms with E-state index in [1.807, 2.05) is 66.9 Å². The lowest BCUT2D eigenvalue weighted by molar-refractivity contribution is 0.102. The Kier molecular flexibility index (Phi) is 4.75. The zero-order valence-electron chi connectivity index (χ0n) is 14.4. The second-order valence-corrected chi connectivity index (χ2v) is 7.13. The summed E-state index contributed by atoms with van der Waals surface area (Å²) in [4.78, 5) is 17.1. The number of amides is 1. The molecule has 0 bridgehead atoms. The summed E-state index contributed by atoms with van der Waals surface area (Å²) in [5.74, 6) is -0.241. The second kappa shape index (κ2) is 7.34. The van der Waals surface area contributed by atoms with E-state index in [1.165, 1.54) is 11.3 Å². The van der Waals surface area contributed by atoms with Crippen LogP contribution in [0.4, 0.5) is 5.13 Å². The zero-order chi connectivity index (χ0) is 18.8. The van der Waals surface area contributed by atoms with Gasteiger partial charge >= 0.3 is 0 Å². The van der Waals surface area contributed by atoms with Crippen LogP contribution in [0.1, 0.15) is 16.1 Å². The van der Waals surface area contributed by atoms with Crippen LogP contribution in [0.2, 0.25) is 5.02 Å². The molecule has 0 aliphatic carbocycles. The molecule has 0 aliphatic rings. The first-order chi connectivity index (χ1) is 13.1. The van der Waals surface area contributed by atoms with Crippen LogP contribution in [0.25, 0.3) is 16.9 Å². The molecule has 0 saturated carbocycles. The van der Waals surface area contributed by atoms with Crippen molar-refractivity contribution in [3.8, 4) is 16.9 Å². The van der Waals surface area contributed by atoms with Crippen LogP contribution in [0.3, 0.4) is 0 Å². The van der Waals surface area contributed by atoms with Crippen LogP contribution in [0, 0.1) is 6.92 Å². The maximum Gasteiger partial charge on any atom is 0.260 e. The van der Waals surface area contributed by atoms with Gasteiger partial charge in [-0.25, -0.2) is 9.67 Å². The van der Waals surface area contributed by atoms with Crippen LogP contribution in [-0.4, -0.2) is 20.7 Å². The summed E-state index contributed by atoms with van der Waals surface area (Å²) in [7, 11) is 0. The number of aromatic nitrogens is 3. The first kappa shape index (κ1) is 17.5. The van der Waals surface area contributed by atoms with Gasteiger partial charge in [0.25, 0.3) is 5.91 Å². The van der Waals surface area contributed by atoms with Gasteiger partial charge in [-0.3, -0.25) is 10.1 Å². The maximum atomic E-state index is 12.7. The first-order valence-corrected chi connectivity index (χ1v) is 9.51. The molecule has 4 aromatic rings. The Labute approximate surface area is 165 Å². The average Bonchev–Trinajstić information content (AvgIpc) is 3.29. The molecule has 7 heteroatoms. The molecule has 2 aromatic heterocycles. The molecule has 1 N–H and O–H groups in total. The van der Waals surface area contributed by atoms with Gasteiger partial charge in [0.05, 0.1) is 28.8 Å². The van der Waals surface area contributed by atoms with E-state index in [0.717, 1.165) is 22.6 Å². The smallest absolute Gasteiger partial charge is 0.260 e. The molecule has 0 spiro atoms. The molecule has 0 fully saturated rings. The summed E-state index contributed by atoms with van der Waals surface area (Å²) in [6, 6.07) is 17.2. The van der Waals surface area contributed by atoms with Crippen molar-refractivity contribution in [2.45, 2.75) is 6.92 Å². The third-order valence-electron chi connectivity index (χ3n) is 4.13. The largest absolute Gasteiger partial charge is 0.298 e. The van der Waals surface area contributed by atoms with E-state index in [1.54, 1.807) is 10.9 Å². The topological polar surface area (TPSA) is 59.8 Å². The summed E-state index contributed by atoms with van der Waals surface area (Å²) in [6.07, 6.45) is 1.57. The Morgan fingerprint density at radius 1 is 1.11 bits per heavy atom. The molecule has 2 heterocycles. The Bertz CT molecular complexity index is 1100. The van der Waals surface area contributed by atoms with Crippen molar-refractivity contribution in [1.82, 2.24) is 14.8 Å². The van der Waals surface area contributed by atoms with E-state index in [0.29, 0.717) is 15.7 Å². The molecule has 1 amide bonds. The molecule has 27 heavy (non-hydrogen) atoms. The van der Waals surface area contributed by atoms with Crippen LogP contribution in [0.15, 0.2) is 66.2 Å². The number of thiazole rings is 1. The SMILES string of the molecule is Cc1c(C(=O)Nc2nc(-c3ccccc3Cl)cs2)cnn1-c1ccccc1. The number of anilines is 1. The Hall–Kier alpha value is -2.96. The van der Waals surface area contributed by atoms with E-state index in [4.69, 9.17) is 11.6 Å². The number of nitrogens with one attached hydrogen (secondary N) is 1. The number of nitrogens with zero attached hydrogens (tertiary/aromatic N) is 3. The fourth-order valence-corrected chi connectivity index (χ4v) is 3.69. The number of hydrogen-bond acceptors (Lipinski definition) is 4. The summed E-state index contributed by atoms with van der Waals surface area (Å²) in [6.45, 7) is 1.87. The molecule has 0 saturated heterocycles. The highest BCUT2D eigenvalue weighted by molar-refractivity contribution is 7.14. The van der Waals surface area contributed by atoms with Gasteiger partial charge in [-0.05, 0) is 25.1 Å². The van der Waals surface area contributed by atoms with Crippen LogP contribution in [0.5, 0.6) is 0 Å². The minimum absolute atomic E-state index is 0.241. The Morgan fingerprint density at radius 3 is 2.63 bits per heavy atom. The normalized spacial score (nSPS) is 10.7. The third-order valence-corrected chi connectivity index (χ3v) is 5.22. The Balaban J connectivity index is 1.56. The number of para-hydroxylation sites is 1. The molecule has 0 atom stereocenters. The average molecular weight is 395 g/mol. The van der Waals surface area contributed by atoms with Gasteiger partial charge in [0.2, 0.25) is 0 Å². The fourth-order valence-electron chi connectivity index (χ4n) is 2.75. The van der Waals surface area contributed by atoms with E-state index < -0.39 is 0 Å². The lowest BCUT2D eigenvalue weighted by atomic mass is 10.2. The van der Waals surface area contributed by atoms with Crippen LogP contribution < -0.4 is 5.32 Å². The van der Waals surface area contributed by atoms with Crippen molar-refractivity contribution in [3.05, 3.63) is 82.5 Å². The zero-order valence-corrected chi connectivity index (χ0v) is 16.0. The van der Waals surface area contributed by atoms with E-state index in [-0.39, 0.29) is 5.91 Å². The highest BCUT2D eigenvalue weighted by Crippen LogP contribution is 2.30. The second-order valence-electron chi connectivity index (χ2n) is 5.86. The minimum atomic E-state index is -0.241. The molecule has 4 rings (SSSR count). The number of carbonyl (C=O) groups excluding carboxylic acids is 1. The molecular weight excluding hydrogens is 380 g/mol. The molecule has 2 aromatic carbocycles. The lowest BCUT2D eigenvalue weighted by Gasteiger charge is -2.05. The predicted octanol–water partition coefficient (Wildman–Crippen LogP) is 5.21. The highest BCUT2D eigenvalue weighted by atomic mass is 35.5. The molecule has 134 valence electrons. The predicted molar refractivity (Wildman–Crippen MR) is 109 cm³/mol. The van der Waals surface area contributed by atoms with E-state index in [9.17, 15) is 4.79 Å². The minimum Gasteiger partial charge on any atom is -0.298 e. The number of carbonyl (C=O) groups is 1. The van der Waals surface area contributed by atoms with E-state index in [2.05, 4.69) is 15.4 Å². The lowest BCUT2D eigenvalue weighted by Crippen LogP contribution is -2.13. The standard InChI is InChI=1S/C20H15ClN4OS/c1-13-16(11-22-25(13)14-7-3-2-4-8-14)19(26)24-20-23-18(12-27-20)15-9-5-6-10-17(15)21/h2-12H,1H3,(H,23,24,26). The summed E-state index contributed by atoms with van der Waals surface area (Å²) in [5.41, 5.74) is 3.75. The van der Waals surface area contributed by atoms with E-state index >= 15 is 0 Å². The summed E-state index contributed by atoms with van der Waals surface area (Å²) in [5, 5.41) is 10.2. The molecule has 0 aliphatic heterocycles. The van der Waals surface area contributed by atoms with Crippen molar-refractivity contribution in [2.75, 3.05) is 5.32 Å². The number of halogens is 1. The van der Waals surface area contributed by atoms with Gasteiger partial charge in [0.15, 0.2) is 5.13 Å². The number of hydrogen-bond donors (Lipinski definition) is 1. The van der Waals surface area contributed by atoms with Gasteiger partial charge in [-0.1, -0.05) is 48.0 Å². The third kappa shape index (κ3) is 3.49. The van der Waals surface area contributed by atoms with Crippen LogP contribution >= 0.6 is 22.9 Å². The van der Waals surface area contributed by atoms with Crippen molar-refractivity contribution >= 4 is 34.0 Å². The Morgan fingerprint density at radius 2 is 1.85 bits per heavy atom. The van der Waals surface area contributed by atoms with Gasteiger partial charge in [-0.15, -0.1) is 11.3 Å². The van der Waals surface area contributed by atoms with Crippen molar-refractivity contribution in [3.63, 3.8) is 0 Å². The summed E-state index contributed by atoms with van der Waals surface area (Å²) < 4.78 is 1.74. The van der Waals surface area contributed by atoms with Gasteiger partial charge < -0.3 is 0 Å². The van der Waals surface area contributed by atoms with Gasteiger partial charge in [0.1, 0.15) is 0 Å². The monoisotopic (exact) mass is 394 g/mol. The quantitative estimate of drug-likeness (QED) is 0.516. The summed E-state index contributed by atoms with van der Waals surface area (Å²) >= 11 is 7.57. The van der Waals surface area contributed by atoms with Gasteiger partial charge in [0, 0.05) is 16.0 Å². The molecule has 0 radical (unpaired) electrons. The molecule has 0 unspecified atom stereocenters. The fraction of sp³-hybridized carbons (Fsp3) is 0.0500. The molecular formula is C20H15ClN4OS. The van der Waals surface area contributed by atoms with Crippen molar-refractivity contribution in [1.29, 1.82) is 0 Å².